The standard InChI is InChI=1S/C20H19F2N5O.C2HF3O2/c1-12-13(2)26-18(25-12)17-8-14(3-5-24-17)15-7-16(10-23-9-15)19(28)27-6-4-20(21,22)11-27;3-2(4,5)1(6)7/h3,5,7-10H,4,6,11H2,1-2H3,(H,25,26);(H,6,7). The first-order chi connectivity index (χ1) is 16.3. The van der Waals surface area contributed by atoms with Crippen molar-refractivity contribution in [1.29, 1.82) is 0 Å². The lowest BCUT2D eigenvalue weighted by molar-refractivity contribution is -0.192. The van der Waals surface area contributed by atoms with Crippen molar-refractivity contribution in [2.45, 2.75) is 32.4 Å². The molecule has 0 atom stereocenters. The summed E-state index contributed by atoms with van der Waals surface area (Å²) in [4.78, 5) is 38.8. The second kappa shape index (κ2) is 9.76. The van der Waals surface area contributed by atoms with Crippen molar-refractivity contribution in [2.75, 3.05) is 13.1 Å². The number of aromatic nitrogens is 4. The molecule has 0 radical (unpaired) electrons. The lowest BCUT2D eigenvalue weighted by atomic mass is 10.1. The Bertz CT molecular complexity index is 1220. The number of hydrogen-bond acceptors (Lipinski definition) is 5. The maximum atomic E-state index is 13.4. The van der Waals surface area contributed by atoms with Gasteiger partial charge in [-0.3, -0.25) is 14.8 Å². The smallest absolute Gasteiger partial charge is 0.475 e. The molecule has 1 fully saturated rings. The number of rotatable bonds is 3. The van der Waals surface area contributed by atoms with E-state index in [4.69, 9.17) is 9.90 Å². The van der Waals surface area contributed by atoms with E-state index in [0.29, 0.717) is 22.6 Å². The van der Waals surface area contributed by atoms with Gasteiger partial charge in [-0.05, 0) is 37.6 Å². The third-order valence-corrected chi connectivity index (χ3v) is 5.15. The number of aliphatic carboxylic acids is 1. The molecule has 3 aromatic rings. The van der Waals surface area contributed by atoms with Gasteiger partial charge in [0.25, 0.3) is 11.8 Å². The van der Waals surface area contributed by atoms with E-state index in [2.05, 4.69) is 19.9 Å². The number of nitrogens with zero attached hydrogens (tertiary/aromatic N) is 4. The molecule has 3 aromatic heterocycles. The maximum Gasteiger partial charge on any atom is 0.490 e. The first kappa shape index (κ1) is 25.7. The van der Waals surface area contributed by atoms with Crippen LogP contribution in [0.25, 0.3) is 22.6 Å². The molecule has 0 aromatic carbocycles. The van der Waals surface area contributed by atoms with Crippen molar-refractivity contribution in [2.24, 2.45) is 0 Å². The molecule has 0 aliphatic carbocycles. The molecule has 4 heterocycles. The van der Waals surface area contributed by atoms with Gasteiger partial charge in [-0.2, -0.15) is 13.2 Å². The number of alkyl halides is 5. The first-order valence-electron chi connectivity index (χ1n) is 10.2. The second-order valence-electron chi connectivity index (χ2n) is 7.82. The summed E-state index contributed by atoms with van der Waals surface area (Å²) in [6.45, 7) is 3.36. The number of carboxylic acid groups (broad SMARTS) is 1. The normalized spacial score (nSPS) is 14.9. The van der Waals surface area contributed by atoms with E-state index in [1.807, 2.05) is 19.9 Å². The van der Waals surface area contributed by atoms with Crippen LogP contribution >= 0.6 is 0 Å². The lowest BCUT2D eigenvalue weighted by Gasteiger charge is -2.16. The van der Waals surface area contributed by atoms with Gasteiger partial charge in [-0.1, -0.05) is 0 Å². The number of aromatic amines is 1. The third kappa shape index (κ3) is 6.37. The molecule has 0 unspecified atom stereocenters. The summed E-state index contributed by atoms with van der Waals surface area (Å²) in [5, 5.41) is 7.12. The molecule has 8 nitrogen and oxygen atoms in total. The predicted molar refractivity (Wildman–Crippen MR) is 114 cm³/mol. The molecule has 35 heavy (non-hydrogen) atoms. The maximum absolute atomic E-state index is 13.4. The fourth-order valence-corrected chi connectivity index (χ4v) is 3.22. The van der Waals surface area contributed by atoms with Crippen molar-refractivity contribution in [3.63, 3.8) is 0 Å². The monoisotopic (exact) mass is 497 g/mol. The highest BCUT2D eigenvalue weighted by molar-refractivity contribution is 5.95. The number of H-pyrrole nitrogens is 1. The molecule has 4 rings (SSSR count). The molecular weight excluding hydrogens is 477 g/mol. The SMILES string of the molecule is Cc1nc(-c2cc(-c3cncc(C(=O)N4CCC(F)(F)C4)c3)ccn2)[nH]c1C.O=C(O)C(F)(F)F. The van der Waals surface area contributed by atoms with Crippen LogP contribution in [0.15, 0.2) is 36.8 Å². The predicted octanol–water partition coefficient (Wildman–Crippen LogP) is 4.27. The molecule has 0 spiro atoms. The summed E-state index contributed by atoms with van der Waals surface area (Å²) >= 11 is 0. The molecule has 2 N–H and O–H groups in total. The van der Waals surface area contributed by atoms with Gasteiger partial charge in [-0.15, -0.1) is 0 Å². The average Bonchev–Trinajstić information content (AvgIpc) is 3.34. The van der Waals surface area contributed by atoms with Crippen molar-refractivity contribution in [1.82, 2.24) is 24.8 Å². The van der Waals surface area contributed by atoms with Gasteiger partial charge < -0.3 is 15.0 Å². The van der Waals surface area contributed by atoms with Crippen LogP contribution in [0.4, 0.5) is 22.0 Å². The van der Waals surface area contributed by atoms with Crippen LogP contribution in [-0.4, -0.2) is 67.0 Å². The minimum atomic E-state index is -5.08. The highest BCUT2D eigenvalue weighted by atomic mass is 19.4. The van der Waals surface area contributed by atoms with Gasteiger partial charge in [0.15, 0.2) is 5.82 Å². The van der Waals surface area contributed by atoms with E-state index in [1.165, 1.54) is 11.1 Å². The van der Waals surface area contributed by atoms with E-state index in [1.54, 1.807) is 24.5 Å². The Morgan fingerprint density at radius 3 is 2.37 bits per heavy atom. The molecule has 1 aliphatic rings. The fraction of sp³-hybridized carbons (Fsp3) is 0.318. The van der Waals surface area contributed by atoms with Gasteiger partial charge >= 0.3 is 12.1 Å². The Kier molecular flexibility index (Phi) is 7.17. The number of halogens is 5. The third-order valence-electron chi connectivity index (χ3n) is 5.15. The zero-order chi connectivity index (χ0) is 26.0. The summed E-state index contributed by atoms with van der Waals surface area (Å²) in [6, 6.07) is 5.33. The van der Waals surface area contributed by atoms with E-state index < -0.39 is 30.5 Å². The Labute approximate surface area is 195 Å². The van der Waals surface area contributed by atoms with Gasteiger partial charge in [0.1, 0.15) is 5.69 Å². The number of carbonyl (C=O) groups is 2. The molecular formula is C22H20F5N5O3. The van der Waals surface area contributed by atoms with Crippen molar-refractivity contribution in [3.8, 4) is 22.6 Å². The number of imidazole rings is 1. The molecule has 13 heteroatoms. The number of carboxylic acids is 1. The molecule has 1 amide bonds. The minimum Gasteiger partial charge on any atom is -0.475 e. The zero-order valence-electron chi connectivity index (χ0n) is 18.5. The Hall–Kier alpha value is -3.90. The number of aryl methyl sites for hydroxylation is 2. The molecule has 186 valence electrons. The van der Waals surface area contributed by atoms with E-state index in [-0.39, 0.29) is 13.0 Å². The van der Waals surface area contributed by atoms with Crippen LogP contribution < -0.4 is 0 Å². The van der Waals surface area contributed by atoms with Crippen LogP contribution in [0.2, 0.25) is 0 Å². The van der Waals surface area contributed by atoms with Crippen LogP contribution in [-0.2, 0) is 4.79 Å². The highest BCUT2D eigenvalue weighted by Gasteiger charge is 2.40. The van der Waals surface area contributed by atoms with Gasteiger partial charge in [0, 0.05) is 42.8 Å². The number of nitrogens with one attached hydrogen (secondary N) is 1. The number of hydrogen-bond donors (Lipinski definition) is 2. The zero-order valence-corrected chi connectivity index (χ0v) is 18.5. The Morgan fingerprint density at radius 1 is 1.14 bits per heavy atom. The van der Waals surface area contributed by atoms with Gasteiger partial charge in [0.2, 0.25) is 0 Å². The summed E-state index contributed by atoms with van der Waals surface area (Å²) in [6.07, 6.45) is -0.689. The molecule has 0 bridgehead atoms. The quantitative estimate of drug-likeness (QED) is 0.523. The summed E-state index contributed by atoms with van der Waals surface area (Å²) in [7, 11) is 0. The number of pyridine rings is 2. The van der Waals surface area contributed by atoms with Crippen molar-refractivity contribution < 1.29 is 36.6 Å². The lowest BCUT2D eigenvalue weighted by Crippen LogP contribution is -2.31. The summed E-state index contributed by atoms with van der Waals surface area (Å²) in [5.41, 5.74) is 4.35. The number of carbonyl (C=O) groups excluding carboxylic acids is 1. The van der Waals surface area contributed by atoms with Gasteiger partial charge in [0.05, 0.1) is 17.8 Å². The topological polar surface area (TPSA) is 112 Å². The minimum absolute atomic E-state index is 0.0483. The average molecular weight is 497 g/mol. The van der Waals surface area contributed by atoms with Crippen LogP contribution in [0.1, 0.15) is 28.2 Å². The number of likely N-dealkylation sites (tertiary alicyclic amines) is 1. The van der Waals surface area contributed by atoms with E-state index in [0.717, 1.165) is 17.0 Å². The van der Waals surface area contributed by atoms with Crippen LogP contribution in [0.5, 0.6) is 0 Å². The Balaban J connectivity index is 0.000000429. The highest BCUT2D eigenvalue weighted by Crippen LogP contribution is 2.29. The van der Waals surface area contributed by atoms with Crippen molar-refractivity contribution in [3.05, 3.63) is 53.7 Å². The largest absolute Gasteiger partial charge is 0.490 e. The van der Waals surface area contributed by atoms with Crippen LogP contribution in [0.3, 0.4) is 0 Å². The molecule has 0 saturated carbocycles. The van der Waals surface area contributed by atoms with Gasteiger partial charge in [-0.25, -0.2) is 18.6 Å². The molecule has 1 aliphatic heterocycles. The van der Waals surface area contributed by atoms with E-state index in [9.17, 15) is 26.7 Å². The summed E-state index contributed by atoms with van der Waals surface area (Å²) in [5.74, 6) is -5.35. The van der Waals surface area contributed by atoms with E-state index >= 15 is 0 Å². The van der Waals surface area contributed by atoms with Crippen LogP contribution in [0, 0.1) is 13.8 Å². The first-order valence-corrected chi connectivity index (χ1v) is 10.2. The fourth-order valence-electron chi connectivity index (χ4n) is 3.22. The summed E-state index contributed by atoms with van der Waals surface area (Å²) < 4.78 is 58.6. The van der Waals surface area contributed by atoms with Crippen molar-refractivity contribution >= 4 is 11.9 Å². The number of amides is 1. The molecule has 1 saturated heterocycles. The second-order valence-corrected chi connectivity index (χ2v) is 7.82. The Morgan fingerprint density at radius 2 is 1.83 bits per heavy atom.